The number of pyridine rings is 1. The number of hydrogen-bond donors (Lipinski definition) is 0. The minimum absolute atomic E-state index is 0.0349. The molecule has 3 aromatic rings. The molecule has 0 N–H and O–H groups in total. The van der Waals surface area contributed by atoms with Crippen molar-refractivity contribution in [2.24, 2.45) is 0 Å². The number of benzene rings is 2. The van der Waals surface area contributed by atoms with E-state index in [1.165, 1.54) is 0 Å². The molecular weight excluding hydrogens is 358 g/mol. The lowest BCUT2D eigenvalue weighted by atomic mass is 10.0. The smallest absolute Gasteiger partial charge is 0.256 e. The third kappa shape index (κ3) is 3.81. The molecule has 0 bridgehead atoms. The molecule has 0 spiro atoms. The molecule has 0 unspecified atom stereocenters. The first-order valence-electron chi connectivity index (χ1n) is 9.02. The van der Waals surface area contributed by atoms with Crippen molar-refractivity contribution in [1.82, 2.24) is 9.88 Å². The van der Waals surface area contributed by atoms with Crippen LogP contribution >= 0.6 is 11.6 Å². The highest BCUT2D eigenvalue weighted by Gasteiger charge is 2.24. The van der Waals surface area contributed by atoms with Crippen molar-refractivity contribution in [1.29, 1.82) is 0 Å². The van der Waals surface area contributed by atoms with Gasteiger partial charge in [0.1, 0.15) is 0 Å². The Balaban J connectivity index is 1.51. The van der Waals surface area contributed by atoms with Crippen molar-refractivity contribution in [3.8, 4) is 11.3 Å². The third-order valence-electron chi connectivity index (χ3n) is 4.83. The van der Waals surface area contributed by atoms with Gasteiger partial charge in [-0.25, -0.2) is 0 Å². The van der Waals surface area contributed by atoms with Crippen LogP contribution in [0.15, 0.2) is 72.9 Å². The van der Waals surface area contributed by atoms with E-state index in [1.807, 2.05) is 65.6 Å². The minimum atomic E-state index is 0.0349. The Morgan fingerprint density at radius 3 is 2.41 bits per heavy atom. The maximum Gasteiger partial charge on any atom is 0.256 e. The summed E-state index contributed by atoms with van der Waals surface area (Å²) in [6, 6.07) is 21.4. The molecule has 1 aromatic heterocycles. The summed E-state index contributed by atoms with van der Waals surface area (Å²) in [6.07, 6.45) is 1.73. The van der Waals surface area contributed by atoms with Gasteiger partial charge in [0.05, 0.1) is 11.3 Å². The number of rotatable bonds is 3. The SMILES string of the molecule is O=C(c1cccnc1-c1ccccc1)N1CCN(c2cccc(Cl)c2)CC1. The summed E-state index contributed by atoms with van der Waals surface area (Å²) in [6.45, 7) is 2.92. The molecule has 4 rings (SSSR count). The highest BCUT2D eigenvalue weighted by molar-refractivity contribution is 6.30. The Bertz CT molecular complexity index is 937. The van der Waals surface area contributed by atoms with E-state index in [9.17, 15) is 4.79 Å². The van der Waals surface area contributed by atoms with E-state index >= 15 is 0 Å². The van der Waals surface area contributed by atoms with E-state index in [0.29, 0.717) is 18.7 Å². The number of aromatic nitrogens is 1. The van der Waals surface area contributed by atoms with Crippen LogP contribution in [0.1, 0.15) is 10.4 Å². The van der Waals surface area contributed by atoms with Gasteiger partial charge < -0.3 is 9.80 Å². The summed E-state index contributed by atoms with van der Waals surface area (Å²) >= 11 is 6.10. The molecule has 0 aliphatic carbocycles. The topological polar surface area (TPSA) is 36.4 Å². The molecule has 5 heteroatoms. The number of hydrogen-bond acceptors (Lipinski definition) is 3. The Labute approximate surface area is 164 Å². The maximum atomic E-state index is 13.1. The van der Waals surface area contributed by atoms with Crippen molar-refractivity contribution < 1.29 is 4.79 Å². The number of amides is 1. The van der Waals surface area contributed by atoms with Crippen LogP contribution in [0.25, 0.3) is 11.3 Å². The molecule has 1 aliphatic heterocycles. The highest BCUT2D eigenvalue weighted by atomic mass is 35.5. The molecule has 1 aliphatic rings. The van der Waals surface area contributed by atoms with Crippen LogP contribution in [-0.4, -0.2) is 42.0 Å². The molecular formula is C22H20ClN3O. The predicted molar refractivity (Wildman–Crippen MR) is 109 cm³/mol. The molecule has 1 fully saturated rings. The fourth-order valence-electron chi connectivity index (χ4n) is 3.41. The van der Waals surface area contributed by atoms with E-state index in [0.717, 1.165) is 35.1 Å². The largest absolute Gasteiger partial charge is 0.368 e. The molecule has 0 radical (unpaired) electrons. The zero-order chi connectivity index (χ0) is 18.6. The Morgan fingerprint density at radius 1 is 0.889 bits per heavy atom. The molecule has 0 atom stereocenters. The fourth-order valence-corrected chi connectivity index (χ4v) is 3.60. The van der Waals surface area contributed by atoms with Gasteiger partial charge in [0.25, 0.3) is 5.91 Å². The zero-order valence-electron chi connectivity index (χ0n) is 14.9. The monoisotopic (exact) mass is 377 g/mol. The van der Waals surface area contributed by atoms with Crippen LogP contribution in [0, 0.1) is 0 Å². The molecule has 4 nitrogen and oxygen atoms in total. The van der Waals surface area contributed by atoms with Crippen molar-refractivity contribution in [2.75, 3.05) is 31.1 Å². The average molecular weight is 378 g/mol. The van der Waals surface area contributed by atoms with Crippen LogP contribution in [0.5, 0.6) is 0 Å². The second kappa shape index (κ2) is 7.80. The summed E-state index contributed by atoms with van der Waals surface area (Å²) in [7, 11) is 0. The van der Waals surface area contributed by atoms with Gasteiger partial charge in [-0.1, -0.05) is 48.0 Å². The number of nitrogens with zero attached hydrogens (tertiary/aromatic N) is 3. The number of anilines is 1. The standard InChI is InChI=1S/C22H20ClN3O/c23-18-8-4-9-19(16-18)25-12-14-26(15-13-25)22(27)20-10-5-11-24-21(20)17-6-2-1-3-7-17/h1-11,16H,12-15H2. The van der Waals surface area contributed by atoms with E-state index < -0.39 is 0 Å². The summed E-state index contributed by atoms with van der Waals surface area (Å²) in [5, 5.41) is 0.730. The molecule has 27 heavy (non-hydrogen) atoms. The quantitative estimate of drug-likeness (QED) is 0.680. The second-order valence-corrected chi connectivity index (χ2v) is 6.96. The molecule has 2 heterocycles. The molecule has 2 aromatic carbocycles. The number of carbonyl (C=O) groups is 1. The van der Waals surface area contributed by atoms with E-state index in [4.69, 9.17) is 11.6 Å². The highest BCUT2D eigenvalue weighted by Crippen LogP contribution is 2.24. The van der Waals surface area contributed by atoms with Crippen LogP contribution < -0.4 is 4.90 Å². The molecule has 1 amide bonds. The van der Waals surface area contributed by atoms with Crippen LogP contribution in [0.3, 0.4) is 0 Å². The summed E-state index contributed by atoms with van der Waals surface area (Å²) < 4.78 is 0. The third-order valence-corrected chi connectivity index (χ3v) is 5.06. The average Bonchev–Trinajstić information content (AvgIpc) is 2.74. The lowest BCUT2D eigenvalue weighted by Crippen LogP contribution is -2.48. The van der Waals surface area contributed by atoms with Gasteiger partial charge in [-0.3, -0.25) is 9.78 Å². The Hall–Kier alpha value is -2.85. The van der Waals surface area contributed by atoms with Gasteiger partial charge in [0.15, 0.2) is 0 Å². The summed E-state index contributed by atoms with van der Waals surface area (Å²) in [5.41, 5.74) is 3.44. The molecule has 0 saturated carbocycles. The number of piperazine rings is 1. The lowest BCUT2D eigenvalue weighted by Gasteiger charge is -2.36. The number of halogens is 1. The number of carbonyl (C=O) groups excluding carboxylic acids is 1. The molecule has 1 saturated heterocycles. The van der Waals surface area contributed by atoms with Crippen LogP contribution in [0.4, 0.5) is 5.69 Å². The predicted octanol–water partition coefficient (Wildman–Crippen LogP) is 4.36. The van der Waals surface area contributed by atoms with Crippen molar-refractivity contribution in [3.63, 3.8) is 0 Å². The van der Waals surface area contributed by atoms with Crippen molar-refractivity contribution in [3.05, 3.63) is 83.5 Å². The molecule has 136 valence electrons. The maximum absolute atomic E-state index is 13.1. The fraction of sp³-hybridized carbons (Fsp3) is 0.182. The van der Waals surface area contributed by atoms with E-state index in [1.54, 1.807) is 6.20 Å². The Morgan fingerprint density at radius 2 is 1.67 bits per heavy atom. The summed E-state index contributed by atoms with van der Waals surface area (Å²) in [5.74, 6) is 0.0349. The first-order chi connectivity index (χ1) is 13.2. The van der Waals surface area contributed by atoms with Crippen LogP contribution in [0.2, 0.25) is 5.02 Å². The van der Waals surface area contributed by atoms with Crippen LogP contribution in [-0.2, 0) is 0 Å². The zero-order valence-corrected chi connectivity index (χ0v) is 15.6. The Kier molecular flexibility index (Phi) is 5.07. The van der Waals surface area contributed by atoms with E-state index in [2.05, 4.69) is 16.0 Å². The second-order valence-electron chi connectivity index (χ2n) is 6.52. The summed E-state index contributed by atoms with van der Waals surface area (Å²) in [4.78, 5) is 21.8. The van der Waals surface area contributed by atoms with Crippen molar-refractivity contribution >= 4 is 23.2 Å². The first kappa shape index (κ1) is 17.6. The van der Waals surface area contributed by atoms with Gasteiger partial charge in [0.2, 0.25) is 0 Å². The minimum Gasteiger partial charge on any atom is -0.368 e. The van der Waals surface area contributed by atoms with Gasteiger partial charge in [-0.05, 0) is 30.3 Å². The van der Waals surface area contributed by atoms with Gasteiger partial charge in [-0.15, -0.1) is 0 Å². The van der Waals surface area contributed by atoms with Crippen molar-refractivity contribution in [2.45, 2.75) is 0 Å². The lowest BCUT2D eigenvalue weighted by molar-refractivity contribution is 0.0747. The van der Waals surface area contributed by atoms with E-state index in [-0.39, 0.29) is 5.91 Å². The van der Waals surface area contributed by atoms with Gasteiger partial charge >= 0.3 is 0 Å². The van der Waals surface area contributed by atoms with Gasteiger partial charge in [-0.2, -0.15) is 0 Å². The normalized spacial score (nSPS) is 14.3. The first-order valence-corrected chi connectivity index (χ1v) is 9.40. The van der Waals surface area contributed by atoms with Gasteiger partial charge in [0, 0.05) is 48.6 Å².